The van der Waals surface area contributed by atoms with Gasteiger partial charge in [-0.25, -0.2) is 4.98 Å². The largest absolute Gasteiger partial charge is 0.391 e. The third-order valence-corrected chi connectivity index (χ3v) is 2.11. The maximum Gasteiger partial charge on any atom is 0.252 e. The van der Waals surface area contributed by atoms with Crippen LogP contribution in [-0.2, 0) is 4.74 Å². The molecule has 1 aromatic rings. The van der Waals surface area contributed by atoms with Crippen LogP contribution in [-0.4, -0.2) is 42.4 Å². The number of pyridine rings is 1. The molecule has 0 fully saturated rings. The number of rotatable bonds is 6. The van der Waals surface area contributed by atoms with Gasteiger partial charge in [-0.2, -0.15) is 4.39 Å². The molecule has 1 amide bonds. The van der Waals surface area contributed by atoms with Crippen LogP contribution in [0.1, 0.15) is 16.8 Å². The molecule has 6 heteroatoms. The zero-order valence-electron chi connectivity index (χ0n) is 9.52. The lowest BCUT2D eigenvalue weighted by atomic mass is 10.2. The number of carbonyl (C=O) groups excluding carboxylic acids is 1. The van der Waals surface area contributed by atoms with Gasteiger partial charge in [-0.15, -0.1) is 0 Å². The van der Waals surface area contributed by atoms with Crippen LogP contribution in [0.25, 0.3) is 0 Å². The molecule has 1 aromatic heterocycles. The first-order valence-electron chi connectivity index (χ1n) is 5.20. The molecule has 94 valence electrons. The van der Waals surface area contributed by atoms with Crippen LogP contribution in [0.2, 0.25) is 0 Å². The Bertz CT molecular complexity index is 356. The van der Waals surface area contributed by atoms with Gasteiger partial charge in [-0.05, 0) is 18.6 Å². The standard InChI is InChI=1S/C11H15FN2O3/c1-17-7-9(15)4-5-13-11(16)8-2-3-10(12)14-6-8/h2-3,6,9,15H,4-5,7H2,1H3,(H,13,16). The number of carbonyl (C=O) groups is 1. The van der Waals surface area contributed by atoms with Gasteiger partial charge in [0.2, 0.25) is 5.95 Å². The van der Waals surface area contributed by atoms with E-state index in [0.29, 0.717) is 13.0 Å². The van der Waals surface area contributed by atoms with Crippen molar-refractivity contribution in [3.63, 3.8) is 0 Å². The van der Waals surface area contributed by atoms with Crippen LogP contribution in [0, 0.1) is 5.95 Å². The van der Waals surface area contributed by atoms with Gasteiger partial charge in [0.05, 0.1) is 18.3 Å². The molecule has 1 rings (SSSR count). The first kappa shape index (κ1) is 13.5. The molecule has 0 saturated carbocycles. The normalized spacial score (nSPS) is 12.2. The fourth-order valence-electron chi connectivity index (χ4n) is 1.24. The number of aromatic nitrogens is 1. The highest BCUT2D eigenvalue weighted by atomic mass is 19.1. The number of halogens is 1. The number of hydrogen-bond donors (Lipinski definition) is 2. The summed E-state index contributed by atoms with van der Waals surface area (Å²) in [5, 5.41) is 11.9. The summed E-state index contributed by atoms with van der Waals surface area (Å²) in [6.45, 7) is 0.550. The number of amides is 1. The molecule has 0 bridgehead atoms. The van der Waals surface area contributed by atoms with E-state index in [1.54, 1.807) is 0 Å². The molecule has 2 N–H and O–H groups in total. The summed E-state index contributed by atoms with van der Waals surface area (Å²) < 4.78 is 17.2. The van der Waals surface area contributed by atoms with Crippen molar-refractivity contribution >= 4 is 5.91 Å². The number of aliphatic hydroxyl groups excluding tert-OH is 1. The van der Waals surface area contributed by atoms with E-state index in [1.807, 2.05) is 0 Å². The number of nitrogens with one attached hydrogen (secondary N) is 1. The van der Waals surface area contributed by atoms with Crippen molar-refractivity contribution in [2.24, 2.45) is 0 Å². The summed E-state index contributed by atoms with van der Waals surface area (Å²) in [7, 11) is 1.49. The molecular formula is C11H15FN2O3. The Labute approximate surface area is 98.6 Å². The Kier molecular flexibility index (Phi) is 5.51. The molecule has 1 atom stereocenters. The van der Waals surface area contributed by atoms with Gasteiger partial charge in [0.1, 0.15) is 0 Å². The third-order valence-electron chi connectivity index (χ3n) is 2.11. The highest BCUT2D eigenvalue weighted by Gasteiger charge is 2.07. The Balaban J connectivity index is 2.32. The molecule has 0 aromatic carbocycles. The maximum atomic E-state index is 12.5. The van der Waals surface area contributed by atoms with Crippen molar-refractivity contribution in [3.8, 4) is 0 Å². The quantitative estimate of drug-likeness (QED) is 0.706. The van der Waals surface area contributed by atoms with Crippen LogP contribution in [0.15, 0.2) is 18.3 Å². The average Bonchev–Trinajstić information content (AvgIpc) is 2.30. The zero-order valence-corrected chi connectivity index (χ0v) is 9.52. The van der Waals surface area contributed by atoms with Gasteiger partial charge in [-0.1, -0.05) is 0 Å². The molecule has 1 heterocycles. The van der Waals surface area contributed by atoms with Gasteiger partial charge in [0.25, 0.3) is 5.91 Å². The Morgan fingerprint density at radius 2 is 2.41 bits per heavy atom. The zero-order chi connectivity index (χ0) is 12.7. The molecule has 0 radical (unpaired) electrons. The third kappa shape index (κ3) is 4.88. The van der Waals surface area contributed by atoms with Gasteiger partial charge in [0, 0.05) is 19.9 Å². The molecule has 0 aliphatic carbocycles. The van der Waals surface area contributed by atoms with Gasteiger partial charge < -0.3 is 15.2 Å². The molecule has 5 nitrogen and oxygen atoms in total. The number of methoxy groups -OCH3 is 1. The molecule has 0 aliphatic heterocycles. The summed E-state index contributed by atoms with van der Waals surface area (Å²) in [5.41, 5.74) is 0.285. The second-order valence-electron chi connectivity index (χ2n) is 3.52. The van der Waals surface area contributed by atoms with E-state index in [-0.39, 0.29) is 18.1 Å². The number of nitrogens with zero attached hydrogens (tertiary/aromatic N) is 1. The van der Waals surface area contributed by atoms with Crippen LogP contribution < -0.4 is 5.32 Å². The van der Waals surface area contributed by atoms with Gasteiger partial charge >= 0.3 is 0 Å². The van der Waals surface area contributed by atoms with E-state index in [2.05, 4.69) is 10.3 Å². The Morgan fingerprint density at radius 3 is 3.00 bits per heavy atom. The number of hydrogen-bond acceptors (Lipinski definition) is 4. The van der Waals surface area contributed by atoms with E-state index < -0.39 is 12.1 Å². The van der Waals surface area contributed by atoms with E-state index in [0.717, 1.165) is 12.3 Å². The number of aliphatic hydroxyl groups is 1. The highest BCUT2D eigenvalue weighted by Crippen LogP contribution is 1.99. The summed E-state index contributed by atoms with van der Waals surface area (Å²) in [4.78, 5) is 14.9. The van der Waals surface area contributed by atoms with Crippen LogP contribution in [0.3, 0.4) is 0 Å². The smallest absolute Gasteiger partial charge is 0.252 e. The molecule has 1 unspecified atom stereocenters. The van der Waals surface area contributed by atoms with Crippen molar-refractivity contribution in [3.05, 3.63) is 29.8 Å². The topological polar surface area (TPSA) is 71.5 Å². The lowest BCUT2D eigenvalue weighted by molar-refractivity contribution is 0.0587. The summed E-state index contributed by atoms with van der Waals surface area (Å²) in [6.07, 6.45) is 0.955. The van der Waals surface area contributed by atoms with Crippen molar-refractivity contribution in [1.29, 1.82) is 0 Å². The maximum absolute atomic E-state index is 12.5. The molecule has 0 saturated heterocycles. The first-order chi connectivity index (χ1) is 8.13. The second kappa shape index (κ2) is 6.93. The minimum Gasteiger partial charge on any atom is -0.391 e. The minimum absolute atomic E-state index is 0.230. The van der Waals surface area contributed by atoms with E-state index >= 15 is 0 Å². The monoisotopic (exact) mass is 242 g/mol. The SMILES string of the molecule is COCC(O)CCNC(=O)c1ccc(F)nc1. The average molecular weight is 242 g/mol. The van der Waals surface area contributed by atoms with E-state index in [1.165, 1.54) is 13.2 Å². The van der Waals surface area contributed by atoms with Gasteiger partial charge in [0.15, 0.2) is 0 Å². The van der Waals surface area contributed by atoms with Crippen LogP contribution in [0.4, 0.5) is 4.39 Å². The molecule has 0 spiro atoms. The van der Waals surface area contributed by atoms with Crippen LogP contribution >= 0.6 is 0 Å². The first-order valence-corrected chi connectivity index (χ1v) is 5.20. The summed E-state index contributed by atoms with van der Waals surface area (Å²) in [5.74, 6) is -0.973. The lowest BCUT2D eigenvalue weighted by Crippen LogP contribution is -2.28. The highest BCUT2D eigenvalue weighted by molar-refractivity contribution is 5.93. The van der Waals surface area contributed by atoms with Gasteiger partial charge in [-0.3, -0.25) is 4.79 Å². The Hall–Kier alpha value is -1.53. The van der Waals surface area contributed by atoms with Crippen molar-refractivity contribution in [1.82, 2.24) is 10.3 Å². The lowest BCUT2D eigenvalue weighted by Gasteiger charge is -2.09. The van der Waals surface area contributed by atoms with E-state index in [9.17, 15) is 14.3 Å². The number of ether oxygens (including phenoxy) is 1. The molecule has 0 aliphatic rings. The molecule has 17 heavy (non-hydrogen) atoms. The Morgan fingerprint density at radius 1 is 1.65 bits per heavy atom. The van der Waals surface area contributed by atoms with Crippen molar-refractivity contribution in [2.45, 2.75) is 12.5 Å². The van der Waals surface area contributed by atoms with Crippen molar-refractivity contribution in [2.75, 3.05) is 20.3 Å². The predicted molar refractivity (Wildman–Crippen MR) is 59.0 cm³/mol. The second-order valence-corrected chi connectivity index (χ2v) is 3.52. The fourth-order valence-corrected chi connectivity index (χ4v) is 1.24. The molecular weight excluding hydrogens is 227 g/mol. The fraction of sp³-hybridized carbons (Fsp3) is 0.455. The minimum atomic E-state index is -0.628. The predicted octanol–water partition coefficient (Wildman–Crippen LogP) is 0.348. The van der Waals surface area contributed by atoms with Crippen LogP contribution in [0.5, 0.6) is 0 Å². The van der Waals surface area contributed by atoms with E-state index in [4.69, 9.17) is 4.74 Å². The summed E-state index contributed by atoms with van der Waals surface area (Å²) >= 11 is 0. The summed E-state index contributed by atoms with van der Waals surface area (Å²) in [6, 6.07) is 2.47. The van der Waals surface area contributed by atoms with Crippen molar-refractivity contribution < 1.29 is 19.0 Å².